The molecule has 1 aliphatic rings. The molecule has 30 heavy (non-hydrogen) atoms. The van der Waals surface area contributed by atoms with Crippen LogP contribution in [0.2, 0.25) is 10.0 Å². The molecular formula is C22H23Cl2N3O3. The first-order valence-corrected chi connectivity index (χ1v) is 10.6. The maximum atomic E-state index is 12.7. The lowest BCUT2D eigenvalue weighted by molar-refractivity contribution is -0.132. The van der Waals surface area contributed by atoms with Crippen LogP contribution in [0.15, 0.2) is 48.5 Å². The van der Waals surface area contributed by atoms with Crippen molar-refractivity contribution in [1.82, 2.24) is 10.2 Å². The standard InChI is InChI=1S/C22H23Cl2N3O3/c23-18-7-6-16(14-19(18)24)21(29)15-9-12-27(13-10-15)20(28)8-11-25-22(30)26-17-4-2-1-3-5-17/h1-7,14-15H,8-13H2,(H2,25,26,30). The van der Waals surface area contributed by atoms with Gasteiger partial charge in [0.15, 0.2) is 5.78 Å². The van der Waals surface area contributed by atoms with Crippen LogP contribution < -0.4 is 10.6 Å². The zero-order valence-corrected chi connectivity index (χ0v) is 17.9. The number of nitrogens with zero attached hydrogens (tertiary/aromatic N) is 1. The molecule has 1 heterocycles. The lowest BCUT2D eigenvalue weighted by atomic mass is 9.89. The lowest BCUT2D eigenvalue weighted by Crippen LogP contribution is -2.41. The normalized spacial score (nSPS) is 14.3. The van der Waals surface area contributed by atoms with E-state index in [4.69, 9.17) is 23.2 Å². The fraction of sp³-hybridized carbons (Fsp3) is 0.318. The molecule has 3 rings (SSSR count). The van der Waals surface area contributed by atoms with Gasteiger partial charge in [0, 0.05) is 43.2 Å². The molecule has 0 aliphatic carbocycles. The Balaban J connectivity index is 1.40. The number of urea groups is 1. The van der Waals surface area contributed by atoms with Gasteiger partial charge in [0.2, 0.25) is 5.91 Å². The van der Waals surface area contributed by atoms with Gasteiger partial charge < -0.3 is 15.5 Å². The Hall–Kier alpha value is -2.57. The van der Waals surface area contributed by atoms with Gasteiger partial charge in [-0.15, -0.1) is 0 Å². The van der Waals surface area contributed by atoms with Crippen LogP contribution >= 0.6 is 23.2 Å². The van der Waals surface area contributed by atoms with Crippen molar-refractivity contribution in [3.63, 3.8) is 0 Å². The number of Topliss-reactive ketones (excluding diaryl/α,β-unsaturated/α-hetero) is 1. The van der Waals surface area contributed by atoms with Gasteiger partial charge in [-0.1, -0.05) is 41.4 Å². The number of likely N-dealkylation sites (tertiary alicyclic amines) is 1. The minimum absolute atomic E-state index is 0.0277. The number of para-hydroxylation sites is 1. The number of amides is 3. The summed E-state index contributed by atoms with van der Waals surface area (Å²) in [4.78, 5) is 38.7. The van der Waals surface area contributed by atoms with Crippen LogP contribution in [0.1, 0.15) is 29.6 Å². The van der Waals surface area contributed by atoms with E-state index < -0.39 is 0 Å². The smallest absolute Gasteiger partial charge is 0.319 e. The Bertz CT molecular complexity index is 913. The monoisotopic (exact) mass is 447 g/mol. The van der Waals surface area contributed by atoms with Crippen molar-refractivity contribution in [2.45, 2.75) is 19.3 Å². The Morgan fingerprint density at radius 1 is 0.967 bits per heavy atom. The van der Waals surface area contributed by atoms with E-state index in [9.17, 15) is 14.4 Å². The van der Waals surface area contributed by atoms with Gasteiger partial charge in [-0.2, -0.15) is 0 Å². The fourth-order valence-corrected chi connectivity index (χ4v) is 3.71. The summed E-state index contributed by atoms with van der Waals surface area (Å²) in [7, 11) is 0. The molecule has 6 nitrogen and oxygen atoms in total. The quantitative estimate of drug-likeness (QED) is 0.633. The number of hydrogen-bond acceptors (Lipinski definition) is 3. The van der Waals surface area contributed by atoms with E-state index in [0.717, 1.165) is 0 Å². The average Bonchev–Trinajstić information content (AvgIpc) is 2.76. The van der Waals surface area contributed by atoms with Crippen molar-refractivity contribution in [2.75, 3.05) is 25.0 Å². The minimum Gasteiger partial charge on any atom is -0.343 e. The molecule has 2 aromatic rings. The SMILES string of the molecule is O=C(NCCC(=O)N1CCC(C(=O)c2ccc(Cl)c(Cl)c2)CC1)Nc1ccccc1. The van der Waals surface area contributed by atoms with E-state index in [0.29, 0.717) is 47.2 Å². The molecule has 1 fully saturated rings. The van der Waals surface area contributed by atoms with Gasteiger partial charge in [-0.3, -0.25) is 9.59 Å². The molecule has 0 unspecified atom stereocenters. The minimum atomic E-state index is -0.347. The summed E-state index contributed by atoms with van der Waals surface area (Å²) in [5.74, 6) is -0.142. The third-order valence-electron chi connectivity index (χ3n) is 5.08. The maximum Gasteiger partial charge on any atom is 0.319 e. The summed E-state index contributed by atoms with van der Waals surface area (Å²) >= 11 is 11.9. The van der Waals surface area contributed by atoms with Gasteiger partial charge in [0.25, 0.3) is 0 Å². The first kappa shape index (κ1) is 22.1. The predicted molar refractivity (Wildman–Crippen MR) is 118 cm³/mol. The van der Waals surface area contributed by atoms with Crippen molar-refractivity contribution in [3.8, 4) is 0 Å². The molecule has 0 bridgehead atoms. The number of piperidine rings is 1. The third-order valence-corrected chi connectivity index (χ3v) is 5.82. The molecule has 0 aromatic heterocycles. The van der Waals surface area contributed by atoms with Crippen LogP contribution in [0.25, 0.3) is 0 Å². The summed E-state index contributed by atoms with van der Waals surface area (Å²) in [6.07, 6.45) is 1.42. The highest BCUT2D eigenvalue weighted by molar-refractivity contribution is 6.42. The van der Waals surface area contributed by atoms with Gasteiger partial charge in [0.05, 0.1) is 10.0 Å². The molecule has 1 aliphatic heterocycles. The Morgan fingerprint density at radius 3 is 2.33 bits per heavy atom. The first-order chi connectivity index (χ1) is 14.4. The van der Waals surface area contributed by atoms with E-state index in [2.05, 4.69) is 10.6 Å². The molecule has 0 saturated carbocycles. The van der Waals surface area contributed by atoms with Crippen molar-refractivity contribution in [1.29, 1.82) is 0 Å². The van der Waals surface area contributed by atoms with E-state index in [-0.39, 0.29) is 36.6 Å². The van der Waals surface area contributed by atoms with Crippen LogP contribution in [0.5, 0.6) is 0 Å². The predicted octanol–water partition coefficient (Wildman–Crippen LogP) is 4.63. The average molecular weight is 448 g/mol. The number of benzene rings is 2. The number of anilines is 1. The number of hydrogen-bond donors (Lipinski definition) is 2. The summed E-state index contributed by atoms with van der Waals surface area (Å²) in [5, 5.41) is 6.17. The molecule has 2 aromatic carbocycles. The Kier molecular flexibility index (Phi) is 7.71. The number of nitrogens with one attached hydrogen (secondary N) is 2. The molecule has 0 spiro atoms. The fourth-order valence-electron chi connectivity index (χ4n) is 3.41. The molecule has 0 atom stereocenters. The van der Waals surface area contributed by atoms with Crippen molar-refractivity contribution >= 4 is 46.6 Å². The number of carbonyl (C=O) groups is 3. The van der Waals surface area contributed by atoms with Gasteiger partial charge in [-0.25, -0.2) is 4.79 Å². The number of carbonyl (C=O) groups excluding carboxylic acids is 3. The van der Waals surface area contributed by atoms with Crippen LogP contribution in [0.4, 0.5) is 10.5 Å². The van der Waals surface area contributed by atoms with Gasteiger partial charge in [0.1, 0.15) is 0 Å². The highest BCUT2D eigenvalue weighted by Crippen LogP contribution is 2.27. The summed E-state index contributed by atoms with van der Waals surface area (Å²) in [5.41, 5.74) is 1.23. The van der Waals surface area contributed by atoms with Crippen LogP contribution in [-0.4, -0.2) is 42.3 Å². The Labute approximate surface area is 185 Å². The topological polar surface area (TPSA) is 78.5 Å². The van der Waals surface area contributed by atoms with Crippen LogP contribution in [0.3, 0.4) is 0 Å². The summed E-state index contributed by atoms with van der Waals surface area (Å²) in [6, 6.07) is 13.6. The molecule has 2 N–H and O–H groups in total. The second-order valence-corrected chi connectivity index (χ2v) is 7.96. The molecule has 8 heteroatoms. The van der Waals surface area contributed by atoms with E-state index in [1.807, 2.05) is 18.2 Å². The van der Waals surface area contributed by atoms with E-state index in [1.165, 1.54) is 0 Å². The molecule has 3 amide bonds. The molecule has 1 saturated heterocycles. The molecule has 158 valence electrons. The largest absolute Gasteiger partial charge is 0.343 e. The Morgan fingerprint density at radius 2 is 1.67 bits per heavy atom. The first-order valence-electron chi connectivity index (χ1n) is 9.81. The summed E-state index contributed by atoms with van der Waals surface area (Å²) in [6.45, 7) is 1.29. The number of rotatable bonds is 6. The number of ketones is 1. The maximum absolute atomic E-state index is 12.7. The van der Waals surface area contributed by atoms with Gasteiger partial charge >= 0.3 is 6.03 Å². The zero-order valence-electron chi connectivity index (χ0n) is 16.4. The highest BCUT2D eigenvalue weighted by atomic mass is 35.5. The van der Waals surface area contributed by atoms with E-state index in [1.54, 1.807) is 35.2 Å². The third kappa shape index (κ3) is 5.97. The van der Waals surface area contributed by atoms with Crippen molar-refractivity contribution in [2.24, 2.45) is 5.92 Å². The van der Waals surface area contributed by atoms with Crippen molar-refractivity contribution < 1.29 is 14.4 Å². The second kappa shape index (κ2) is 10.5. The lowest BCUT2D eigenvalue weighted by Gasteiger charge is -2.31. The second-order valence-electron chi connectivity index (χ2n) is 7.15. The van der Waals surface area contributed by atoms with Gasteiger partial charge in [-0.05, 0) is 43.2 Å². The number of halogens is 2. The molecular weight excluding hydrogens is 425 g/mol. The molecule has 0 radical (unpaired) electrons. The highest BCUT2D eigenvalue weighted by Gasteiger charge is 2.28. The summed E-state index contributed by atoms with van der Waals surface area (Å²) < 4.78 is 0. The van der Waals surface area contributed by atoms with Crippen molar-refractivity contribution in [3.05, 3.63) is 64.1 Å². The van der Waals surface area contributed by atoms with Crippen LogP contribution in [0, 0.1) is 5.92 Å². The van der Waals surface area contributed by atoms with E-state index >= 15 is 0 Å². The van der Waals surface area contributed by atoms with Crippen LogP contribution in [-0.2, 0) is 4.79 Å². The zero-order chi connectivity index (χ0) is 21.5.